The lowest BCUT2D eigenvalue weighted by Gasteiger charge is -2.22. The molecule has 0 aliphatic carbocycles. The van der Waals surface area contributed by atoms with Gasteiger partial charge in [0.1, 0.15) is 28.9 Å². The van der Waals surface area contributed by atoms with Gasteiger partial charge in [0.25, 0.3) is 11.5 Å². The maximum atomic E-state index is 14.8. The van der Waals surface area contributed by atoms with E-state index in [0.29, 0.717) is 29.0 Å². The van der Waals surface area contributed by atoms with Crippen LogP contribution in [0, 0.1) is 11.6 Å². The van der Waals surface area contributed by atoms with E-state index in [-0.39, 0.29) is 12.0 Å². The third-order valence-corrected chi connectivity index (χ3v) is 6.99. The quantitative estimate of drug-likeness (QED) is 0.282. The Bertz CT molecular complexity index is 1820. The number of aromatic nitrogens is 4. The fraction of sp³-hybridized carbons (Fsp3) is 0.321. The molecule has 3 heterocycles. The maximum absolute atomic E-state index is 14.8. The third kappa shape index (κ3) is 6.20. The van der Waals surface area contributed by atoms with E-state index in [1.54, 1.807) is 22.7 Å². The number of anilines is 1. The molecule has 0 spiro atoms. The number of halogens is 5. The molecule has 0 fully saturated rings. The van der Waals surface area contributed by atoms with Crippen molar-refractivity contribution in [1.29, 1.82) is 0 Å². The van der Waals surface area contributed by atoms with Crippen LogP contribution in [0.3, 0.4) is 0 Å². The Balaban J connectivity index is 1.62. The molecular formula is C28H27F5N6O4. The molecule has 4 rings (SSSR count). The van der Waals surface area contributed by atoms with Crippen molar-refractivity contribution in [3.8, 4) is 11.1 Å². The van der Waals surface area contributed by atoms with Gasteiger partial charge in [0.05, 0.1) is 11.6 Å². The van der Waals surface area contributed by atoms with Crippen molar-refractivity contribution in [2.75, 3.05) is 5.32 Å². The SMILES string of the molecule is CC[C@@H](Nc1cc(F)c(C(=O)N[C@@H](Cc2ccc(-c3cn(C)c(=O)n(C)c3=O)c3nccn23)C(C)=O)c(F)c1)C(F)(F)F. The van der Waals surface area contributed by atoms with E-state index < -0.39 is 70.5 Å². The summed E-state index contributed by atoms with van der Waals surface area (Å²) < 4.78 is 72.6. The summed E-state index contributed by atoms with van der Waals surface area (Å²) >= 11 is 0. The van der Waals surface area contributed by atoms with Crippen molar-refractivity contribution in [3.63, 3.8) is 0 Å². The van der Waals surface area contributed by atoms with E-state index in [1.807, 2.05) is 5.32 Å². The van der Waals surface area contributed by atoms with Gasteiger partial charge in [-0.15, -0.1) is 0 Å². The van der Waals surface area contributed by atoms with Crippen molar-refractivity contribution in [2.45, 2.75) is 44.9 Å². The Hall–Kier alpha value is -4.82. The average molecular weight is 607 g/mol. The van der Waals surface area contributed by atoms with E-state index in [2.05, 4.69) is 10.3 Å². The molecule has 1 amide bonds. The Kier molecular flexibility index (Phi) is 8.55. The Morgan fingerprint density at radius 3 is 2.28 bits per heavy atom. The van der Waals surface area contributed by atoms with Gasteiger partial charge in [-0.05, 0) is 37.6 Å². The molecule has 4 aromatic rings. The normalized spacial score (nSPS) is 13.1. The first kappa shape index (κ1) is 31.1. The van der Waals surface area contributed by atoms with Crippen LogP contribution in [0.4, 0.5) is 27.6 Å². The minimum atomic E-state index is -4.67. The Labute approximate surface area is 240 Å². The summed E-state index contributed by atoms with van der Waals surface area (Å²) in [5.41, 5.74) is -1.31. The van der Waals surface area contributed by atoms with E-state index in [0.717, 1.165) is 4.57 Å². The van der Waals surface area contributed by atoms with E-state index in [4.69, 9.17) is 0 Å². The summed E-state index contributed by atoms with van der Waals surface area (Å²) in [6.07, 6.45) is -0.843. The number of ketones is 1. The van der Waals surface area contributed by atoms with Gasteiger partial charge in [-0.2, -0.15) is 13.2 Å². The standard InChI is InChI=1S/C28H27F5N6O4/c1-5-22(28(31,32)33)35-15-10-19(29)23(20(30)11-15)25(41)36-21(14(2)40)12-16-6-7-17(24-34-8-9-39(16)24)18-13-37(3)27(43)38(4)26(18)42/h6-11,13,21-22,35H,5,12H2,1-4H3,(H,36,41)/t21-,22+/m0/s1. The number of carbonyl (C=O) groups is 2. The minimum absolute atomic E-state index is 0.147. The number of benzene rings is 1. The molecule has 0 aliphatic rings. The zero-order valence-corrected chi connectivity index (χ0v) is 23.4. The molecule has 0 saturated carbocycles. The van der Waals surface area contributed by atoms with Crippen LogP contribution in [0.1, 0.15) is 36.3 Å². The van der Waals surface area contributed by atoms with Gasteiger partial charge in [-0.1, -0.05) is 6.92 Å². The minimum Gasteiger partial charge on any atom is -0.374 e. The number of hydrogen-bond acceptors (Lipinski definition) is 6. The van der Waals surface area contributed by atoms with Crippen molar-refractivity contribution < 1.29 is 31.5 Å². The molecule has 43 heavy (non-hydrogen) atoms. The zero-order valence-electron chi connectivity index (χ0n) is 23.4. The smallest absolute Gasteiger partial charge is 0.374 e. The Morgan fingerprint density at radius 2 is 1.70 bits per heavy atom. The van der Waals surface area contributed by atoms with Gasteiger partial charge in [0.15, 0.2) is 5.78 Å². The highest BCUT2D eigenvalue weighted by Gasteiger charge is 2.38. The van der Waals surface area contributed by atoms with Gasteiger partial charge in [-0.25, -0.2) is 18.6 Å². The number of fused-ring (bicyclic) bond motifs is 1. The highest BCUT2D eigenvalue weighted by molar-refractivity contribution is 5.98. The molecule has 0 radical (unpaired) electrons. The fourth-order valence-corrected chi connectivity index (χ4v) is 4.66. The molecule has 3 aromatic heterocycles. The number of rotatable bonds is 9. The lowest BCUT2D eigenvalue weighted by molar-refractivity contribution is -0.142. The highest BCUT2D eigenvalue weighted by Crippen LogP contribution is 2.28. The molecule has 10 nitrogen and oxygen atoms in total. The average Bonchev–Trinajstić information content (AvgIpc) is 3.42. The number of amides is 1. The molecule has 228 valence electrons. The fourth-order valence-electron chi connectivity index (χ4n) is 4.66. The number of alkyl halides is 3. The molecule has 0 bridgehead atoms. The number of Topliss-reactive ketones (excluding diaryl/α,β-unsaturated/α-hetero) is 1. The van der Waals surface area contributed by atoms with Gasteiger partial charge in [0, 0.05) is 56.1 Å². The second-order valence-electron chi connectivity index (χ2n) is 9.96. The monoisotopic (exact) mass is 606 g/mol. The van der Waals surface area contributed by atoms with Crippen LogP contribution in [-0.2, 0) is 25.3 Å². The molecule has 0 unspecified atom stereocenters. The number of imidazole rings is 1. The van der Waals surface area contributed by atoms with Crippen LogP contribution < -0.4 is 21.9 Å². The lowest BCUT2D eigenvalue weighted by atomic mass is 10.0. The number of hydrogen-bond donors (Lipinski definition) is 2. The summed E-state index contributed by atoms with van der Waals surface area (Å²) in [5, 5.41) is 4.31. The molecule has 0 aliphatic heterocycles. The highest BCUT2D eigenvalue weighted by atomic mass is 19.4. The van der Waals surface area contributed by atoms with E-state index >= 15 is 0 Å². The number of nitrogens with zero attached hydrogens (tertiary/aromatic N) is 4. The summed E-state index contributed by atoms with van der Waals surface area (Å²) in [6.45, 7) is 2.42. The molecule has 1 aromatic carbocycles. The number of carbonyl (C=O) groups excluding carboxylic acids is 2. The number of pyridine rings is 1. The predicted molar refractivity (Wildman–Crippen MR) is 147 cm³/mol. The van der Waals surface area contributed by atoms with E-state index in [1.165, 1.54) is 44.9 Å². The molecular weight excluding hydrogens is 579 g/mol. The van der Waals surface area contributed by atoms with Crippen LogP contribution in [0.25, 0.3) is 16.8 Å². The van der Waals surface area contributed by atoms with Crippen molar-refractivity contribution in [3.05, 3.63) is 86.6 Å². The topological polar surface area (TPSA) is 120 Å². The maximum Gasteiger partial charge on any atom is 0.408 e. The van der Waals surface area contributed by atoms with Crippen LogP contribution >= 0.6 is 0 Å². The van der Waals surface area contributed by atoms with Gasteiger partial charge in [-0.3, -0.25) is 19.0 Å². The van der Waals surface area contributed by atoms with Crippen LogP contribution in [0.15, 0.2) is 52.4 Å². The first-order chi connectivity index (χ1) is 20.1. The summed E-state index contributed by atoms with van der Waals surface area (Å²) in [4.78, 5) is 54.6. The molecule has 0 saturated heterocycles. The molecule has 15 heteroatoms. The van der Waals surface area contributed by atoms with E-state index in [9.17, 15) is 41.1 Å². The predicted octanol–water partition coefficient (Wildman–Crippen LogP) is 3.36. The molecule has 2 N–H and O–H groups in total. The summed E-state index contributed by atoms with van der Waals surface area (Å²) in [7, 11) is 2.83. The lowest BCUT2D eigenvalue weighted by Crippen LogP contribution is -2.42. The van der Waals surface area contributed by atoms with Gasteiger partial charge >= 0.3 is 11.9 Å². The second kappa shape index (κ2) is 11.8. The van der Waals surface area contributed by atoms with Crippen molar-refractivity contribution in [1.82, 2.24) is 23.8 Å². The molecule has 2 atom stereocenters. The number of aryl methyl sites for hydroxylation is 1. The van der Waals surface area contributed by atoms with Crippen molar-refractivity contribution in [2.24, 2.45) is 14.1 Å². The van der Waals surface area contributed by atoms with Crippen molar-refractivity contribution >= 4 is 23.0 Å². The summed E-state index contributed by atoms with van der Waals surface area (Å²) in [5.74, 6) is -4.66. The van der Waals surface area contributed by atoms with Crippen LogP contribution in [0.2, 0.25) is 0 Å². The van der Waals surface area contributed by atoms with Gasteiger partial charge in [0.2, 0.25) is 0 Å². The summed E-state index contributed by atoms with van der Waals surface area (Å²) in [6, 6.07) is 0.965. The third-order valence-electron chi connectivity index (χ3n) is 6.99. The largest absolute Gasteiger partial charge is 0.408 e. The second-order valence-corrected chi connectivity index (χ2v) is 9.96. The first-order valence-corrected chi connectivity index (χ1v) is 13.0. The Morgan fingerprint density at radius 1 is 1.05 bits per heavy atom. The van der Waals surface area contributed by atoms with Crippen LogP contribution in [0.5, 0.6) is 0 Å². The first-order valence-electron chi connectivity index (χ1n) is 13.0. The van der Waals surface area contributed by atoms with Crippen LogP contribution in [-0.4, -0.2) is 48.5 Å². The van der Waals surface area contributed by atoms with Gasteiger partial charge < -0.3 is 19.6 Å². The zero-order chi connectivity index (χ0) is 31.8. The number of nitrogens with one attached hydrogen (secondary N) is 2.